The number of methoxy groups -OCH3 is 1. The third kappa shape index (κ3) is 6.08. The zero-order chi connectivity index (χ0) is 16.5. The van der Waals surface area contributed by atoms with Crippen LogP contribution in [0, 0.1) is 0 Å². The van der Waals surface area contributed by atoms with Crippen LogP contribution < -0.4 is 14.8 Å². The minimum atomic E-state index is -0.515. The van der Waals surface area contributed by atoms with Crippen molar-refractivity contribution in [3.8, 4) is 11.5 Å². The molecule has 0 saturated carbocycles. The quantitative estimate of drug-likeness (QED) is 0.763. The fourth-order valence-corrected chi connectivity index (χ4v) is 1.93. The summed E-state index contributed by atoms with van der Waals surface area (Å²) in [6, 6.07) is 14.3. The van der Waals surface area contributed by atoms with Gasteiger partial charge in [0, 0.05) is 23.2 Å². The highest BCUT2D eigenvalue weighted by Crippen LogP contribution is 2.18. The van der Waals surface area contributed by atoms with Crippen LogP contribution in [0.1, 0.15) is 6.42 Å². The predicted molar refractivity (Wildman–Crippen MR) is 89.5 cm³/mol. The predicted octanol–water partition coefficient (Wildman–Crippen LogP) is 4.37. The van der Waals surface area contributed by atoms with Crippen molar-refractivity contribution in [2.45, 2.75) is 6.42 Å². The van der Waals surface area contributed by atoms with Gasteiger partial charge in [-0.05, 0) is 36.4 Å². The molecular weight excluding hydrogens is 318 g/mol. The molecule has 2 aromatic rings. The Morgan fingerprint density at radius 3 is 2.43 bits per heavy atom. The maximum Gasteiger partial charge on any atom is 0.411 e. The highest BCUT2D eigenvalue weighted by Gasteiger charge is 2.02. The van der Waals surface area contributed by atoms with Gasteiger partial charge in [-0.3, -0.25) is 5.32 Å². The van der Waals surface area contributed by atoms with Crippen LogP contribution in [0.25, 0.3) is 0 Å². The van der Waals surface area contributed by atoms with Gasteiger partial charge in [0.2, 0.25) is 0 Å². The first kappa shape index (κ1) is 17.0. The molecule has 2 rings (SSSR count). The molecule has 0 atom stereocenters. The van der Waals surface area contributed by atoms with Crippen molar-refractivity contribution >= 4 is 23.4 Å². The summed E-state index contributed by atoms with van der Waals surface area (Å²) in [4.78, 5) is 11.1. The maximum absolute atomic E-state index is 11.1. The van der Waals surface area contributed by atoms with E-state index in [0.29, 0.717) is 29.7 Å². The molecule has 122 valence electrons. The summed E-state index contributed by atoms with van der Waals surface area (Å²) in [7, 11) is 1.32. The van der Waals surface area contributed by atoms with E-state index in [4.69, 9.17) is 21.1 Å². The first-order valence-electron chi connectivity index (χ1n) is 7.13. The molecule has 1 amide bonds. The largest absolute Gasteiger partial charge is 0.493 e. The van der Waals surface area contributed by atoms with Crippen molar-refractivity contribution < 1.29 is 19.0 Å². The van der Waals surface area contributed by atoms with Crippen LogP contribution in [0.3, 0.4) is 0 Å². The van der Waals surface area contributed by atoms with E-state index in [1.807, 2.05) is 18.2 Å². The van der Waals surface area contributed by atoms with Crippen LogP contribution in [0.4, 0.5) is 10.5 Å². The summed E-state index contributed by atoms with van der Waals surface area (Å²) in [6.45, 7) is 1.05. The normalized spacial score (nSPS) is 10.0. The number of anilines is 1. The number of hydrogen-bond acceptors (Lipinski definition) is 4. The standard InChI is InChI=1S/C17H18ClNO4/c1-21-17(20)19-14-4-2-5-16(12-14)23-11-3-10-22-15-8-6-13(18)7-9-15/h2,4-9,12H,3,10-11H2,1H3,(H,19,20). The van der Waals surface area contributed by atoms with Crippen LogP contribution in [0.5, 0.6) is 11.5 Å². The number of ether oxygens (including phenoxy) is 3. The lowest BCUT2D eigenvalue weighted by Crippen LogP contribution is -2.11. The number of halogens is 1. The molecule has 0 fully saturated rings. The van der Waals surface area contributed by atoms with Gasteiger partial charge in [-0.1, -0.05) is 17.7 Å². The van der Waals surface area contributed by atoms with E-state index >= 15 is 0 Å². The Bertz CT molecular complexity index is 631. The van der Waals surface area contributed by atoms with Gasteiger partial charge >= 0.3 is 6.09 Å². The molecule has 0 saturated heterocycles. The molecule has 1 N–H and O–H groups in total. The zero-order valence-electron chi connectivity index (χ0n) is 12.8. The number of amides is 1. The molecule has 0 aromatic heterocycles. The van der Waals surface area contributed by atoms with E-state index in [0.717, 1.165) is 12.2 Å². The third-order valence-corrected chi connectivity index (χ3v) is 3.16. The van der Waals surface area contributed by atoms with E-state index in [1.54, 1.807) is 30.3 Å². The molecule has 5 nitrogen and oxygen atoms in total. The summed E-state index contributed by atoms with van der Waals surface area (Å²) in [6.07, 6.45) is 0.218. The molecule has 0 bridgehead atoms. The monoisotopic (exact) mass is 335 g/mol. The van der Waals surface area contributed by atoms with E-state index in [-0.39, 0.29) is 0 Å². The zero-order valence-corrected chi connectivity index (χ0v) is 13.5. The average molecular weight is 336 g/mol. The first-order valence-corrected chi connectivity index (χ1v) is 7.51. The van der Waals surface area contributed by atoms with Crippen molar-refractivity contribution in [2.75, 3.05) is 25.6 Å². The molecular formula is C17H18ClNO4. The van der Waals surface area contributed by atoms with Gasteiger partial charge in [-0.25, -0.2) is 4.79 Å². The molecule has 0 aliphatic heterocycles. The fraction of sp³-hybridized carbons (Fsp3) is 0.235. The number of benzene rings is 2. The van der Waals surface area contributed by atoms with Gasteiger partial charge in [0.1, 0.15) is 11.5 Å². The summed E-state index contributed by atoms with van der Waals surface area (Å²) >= 11 is 5.81. The highest BCUT2D eigenvalue weighted by molar-refractivity contribution is 6.30. The van der Waals surface area contributed by atoms with Gasteiger partial charge in [-0.2, -0.15) is 0 Å². The van der Waals surface area contributed by atoms with E-state index in [2.05, 4.69) is 10.1 Å². The fourth-order valence-electron chi connectivity index (χ4n) is 1.80. The smallest absolute Gasteiger partial charge is 0.411 e. The van der Waals surface area contributed by atoms with Gasteiger partial charge < -0.3 is 14.2 Å². The Hall–Kier alpha value is -2.40. The summed E-state index contributed by atoms with van der Waals surface area (Å²) in [5.74, 6) is 1.45. The molecule has 0 radical (unpaired) electrons. The lowest BCUT2D eigenvalue weighted by molar-refractivity contribution is 0.187. The van der Waals surface area contributed by atoms with Crippen molar-refractivity contribution in [3.63, 3.8) is 0 Å². The van der Waals surface area contributed by atoms with Crippen molar-refractivity contribution in [2.24, 2.45) is 0 Å². The molecule has 23 heavy (non-hydrogen) atoms. The lowest BCUT2D eigenvalue weighted by Gasteiger charge is -2.09. The van der Waals surface area contributed by atoms with Gasteiger partial charge in [0.05, 0.1) is 20.3 Å². The minimum absolute atomic E-state index is 0.509. The second-order valence-corrected chi connectivity index (χ2v) is 5.09. The molecule has 6 heteroatoms. The maximum atomic E-state index is 11.1. The second kappa shape index (κ2) is 8.90. The number of carbonyl (C=O) groups is 1. The lowest BCUT2D eigenvalue weighted by atomic mass is 10.3. The summed E-state index contributed by atoms with van der Waals surface area (Å²) < 4.78 is 15.7. The SMILES string of the molecule is COC(=O)Nc1cccc(OCCCOc2ccc(Cl)cc2)c1. The van der Waals surface area contributed by atoms with E-state index in [9.17, 15) is 4.79 Å². The Labute approximate surface area is 140 Å². The average Bonchev–Trinajstić information content (AvgIpc) is 2.56. The molecule has 0 aliphatic carbocycles. The number of nitrogens with one attached hydrogen (secondary N) is 1. The Kier molecular flexibility index (Phi) is 6.56. The minimum Gasteiger partial charge on any atom is -0.493 e. The van der Waals surface area contributed by atoms with Crippen LogP contribution in [-0.2, 0) is 4.74 Å². The van der Waals surface area contributed by atoms with Crippen molar-refractivity contribution in [3.05, 3.63) is 53.6 Å². The van der Waals surface area contributed by atoms with Gasteiger partial charge in [-0.15, -0.1) is 0 Å². The highest BCUT2D eigenvalue weighted by atomic mass is 35.5. The van der Waals surface area contributed by atoms with Crippen LogP contribution in [0.2, 0.25) is 5.02 Å². The van der Waals surface area contributed by atoms with Crippen molar-refractivity contribution in [1.82, 2.24) is 0 Å². The number of rotatable bonds is 7. The Morgan fingerprint density at radius 1 is 1.04 bits per heavy atom. The van der Waals surface area contributed by atoms with Gasteiger partial charge in [0.15, 0.2) is 0 Å². The van der Waals surface area contributed by atoms with Crippen molar-refractivity contribution in [1.29, 1.82) is 0 Å². The summed E-state index contributed by atoms with van der Waals surface area (Å²) in [5, 5.41) is 3.26. The van der Waals surface area contributed by atoms with Gasteiger partial charge in [0.25, 0.3) is 0 Å². The molecule has 0 unspecified atom stereocenters. The number of carbonyl (C=O) groups excluding carboxylic acids is 1. The first-order chi connectivity index (χ1) is 11.2. The Morgan fingerprint density at radius 2 is 1.74 bits per heavy atom. The van der Waals surface area contributed by atoms with Crippen LogP contribution in [0.15, 0.2) is 48.5 Å². The molecule has 0 heterocycles. The Balaban J connectivity index is 1.70. The van der Waals surface area contributed by atoms with Crippen LogP contribution in [-0.4, -0.2) is 26.4 Å². The molecule has 0 aliphatic rings. The number of hydrogen-bond donors (Lipinski definition) is 1. The van der Waals surface area contributed by atoms with E-state index in [1.165, 1.54) is 7.11 Å². The van der Waals surface area contributed by atoms with E-state index < -0.39 is 6.09 Å². The summed E-state index contributed by atoms with van der Waals surface area (Å²) in [5.41, 5.74) is 0.617. The second-order valence-electron chi connectivity index (χ2n) is 4.65. The third-order valence-electron chi connectivity index (χ3n) is 2.91. The molecule has 2 aromatic carbocycles. The van der Waals surface area contributed by atoms with Crippen LogP contribution >= 0.6 is 11.6 Å². The molecule has 0 spiro atoms. The topological polar surface area (TPSA) is 56.8 Å².